The lowest BCUT2D eigenvalue weighted by molar-refractivity contribution is 0.0980. The van der Waals surface area contributed by atoms with Crippen molar-refractivity contribution in [3.05, 3.63) is 34.1 Å². The van der Waals surface area contributed by atoms with E-state index in [2.05, 4.69) is 21.9 Å². The van der Waals surface area contributed by atoms with Gasteiger partial charge in [0.2, 0.25) is 0 Å². The minimum atomic E-state index is -0.412. The highest BCUT2D eigenvalue weighted by molar-refractivity contribution is 9.10. The number of terminal acetylenes is 1. The molecule has 1 aromatic rings. The molecule has 0 unspecified atom stereocenters. The minimum Gasteiger partial charge on any atom is -0.294 e. The zero-order valence-corrected chi connectivity index (χ0v) is 9.68. The van der Waals surface area contributed by atoms with Crippen LogP contribution >= 0.6 is 15.9 Å². The summed E-state index contributed by atoms with van der Waals surface area (Å²) in [6, 6.07) is 4.17. The molecule has 78 valence electrons. The van der Waals surface area contributed by atoms with Crippen LogP contribution in [0.1, 0.15) is 29.6 Å². The number of ketones is 1. The second-order valence-corrected chi connectivity index (χ2v) is 4.05. The second kappa shape index (κ2) is 5.67. The molecule has 0 amide bonds. The van der Waals surface area contributed by atoms with Crippen molar-refractivity contribution < 1.29 is 9.18 Å². The van der Waals surface area contributed by atoms with E-state index >= 15 is 0 Å². The van der Waals surface area contributed by atoms with Crippen molar-refractivity contribution in [1.29, 1.82) is 0 Å². The van der Waals surface area contributed by atoms with Gasteiger partial charge in [0, 0.05) is 22.9 Å². The molecule has 1 rings (SSSR count). The van der Waals surface area contributed by atoms with Crippen molar-refractivity contribution in [2.75, 3.05) is 0 Å². The van der Waals surface area contributed by atoms with Crippen molar-refractivity contribution in [1.82, 2.24) is 0 Å². The van der Waals surface area contributed by atoms with Gasteiger partial charge in [0.15, 0.2) is 5.78 Å². The van der Waals surface area contributed by atoms with Gasteiger partial charge in [-0.15, -0.1) is 12.3 Å². The monoisotopic (exact) mass is 268 g/mol. The zero-order valence-electron chi connectivity index (χ0n) is 8.09. The average molecular weight is 269 g/mol. The van der Waals surface area contributed by atoms with Gasteiger partial charge in [0.25, 0.3) is 0 Å². The summed E-state index contributed by atoms with van der Waals surface area (Å²) >= 11 is 3.14. The zero-order chi connectivity index (χ0) is 11.3. The van der Waals surface area contributed by atoms with E-state index in [1.54, 1.807) is 6.07 Å². The largest absolute Gasteiger partial charge is 0.294 e. The number of carbonyl (C=O) groups is 1. The Kier molecular flexibility index (Phi) is 4.51. The van der Waals surface area contributed by atoms with Crippen molar-refractivity contribution in [3.63, 3.8) is 0 Å². The van der Waals surface area contributed by atoms with Crippen molar-refractivity contribution in [3.8, 4) is 12.3 Å². The van der Waals surface area contributed by atoms with E-state index in [0.29, 0.717) is 29.3 Å². The summed E-state index contributed by atoms with van der Waals surface area (Å²) in [6.07, 6.45) is 6.65. The standard InChI is InChI=1S/C12H10BrFO/c1-2-3-4-5-12(15)9-6-10(13)8-11(14)7-9/h1,6-8H,3-5H2. The Bertz CT molecular complexity index is 386. The summed E-state index contributed by atoms with van der Waals surface area (Å²) in [5, 5.41) is 0. The number of hydrogen-bond acceptors (Lipinski definition) is 1. The Hall–Kier alpha value is -1.14. The van der Waals surface area contributed by atoms with Crippen LogP contribution in [0.4, 0.5) is 4.39 Å². The summed E-state index contributed by atoms with van der Waals surface area (Å²) < 4.78 is 13.5. The minimum absolute atomic E-state index is 0.0783. The third-order valence-electron chi connectivity index (χ3n) is 1.91. The maximum absolute atomic E-state index is 13.0. The topological polar surface area (TPSA) is 17.1 Å². The summed E-state index contributed by atoms with van der Waals surface area (Å²) in [5.41, 5.74) is 0.388. The molecular weight excluding hydrogens is 259 g/mol. The van der Waals surface area contributed by atoms with Gasteiger partial charge in [-0.3, -0.25) is 4.79 Å². The lowest BCUT2D eigenvalue weighted by atomic mass is 10.1. The van der Waals surface area contributed by atoms with Crippen LogP contribution in [0.5, 0.6) is 0 Å². The molecule has 0 spiro atoms. The van der Waals surface area contributed by atoms with Gasteiger partial charge in [-0.1, -0.05) is 15.9 Å². The summed E-state index contributed by atoms with van der Waals surface area (Å²) in [6.45, 7) is 0. The molecule has 1 aromatic carbocycles. The molecule has 15 heavy (non-hydrogen) atoms. The van der Waals surface area contributed by atoms with Crippen LogP contribution < -0.4 is 0 Å². The first-order valence-corrected chi connectivity index (χ1v) is 5.35. The van der Waals surface area contributed by atoms with Crippen LogP contribution in [-0.4, -0.2) is 5.78 Å². The van der Waals surface area contributed by atoms with E-state index in [1.807, 2.05) is 0 Å². The number of benzene rings is 1. The van der Waals surface area contributed by atoms with E-state index in [4.69, 9.17) is 6.42 Å². The van der Waals surface area contributed by atoms with Crippen molar-refractivity contribution >= 4 is 21.7 Å². The van der Waals surface area contributed by atoms with Gasteiger partial charge in [-0.25, -0.2) is 4.39 Å². The van der Waals surface area contributed by atoms with E-state index in [1.165, 1.54) is 12.1 Å². The van der Waals surface area contributed by atoms with E-state index in [9.17, 15) is 9.18 Å². The molecule has 0 saturated carbocycles. The Morgan fingerprint density at radius 3 is 2.80 bits per heavy atom. The molecule has 0 radical (unpaired) electrons. The van der Waals surface area contributed by atoms with Gasteiger partial charge in [0.05, 0.1) is 0 Å². The molecular formula is C12H10BrFO. The fourth-order valence-electron chi connectivity index (χ4n) is 1.21. The SMILES string of the molecule is C#CCCCC(=O)c1cc(F)cc(Br)c1. The van der Waals surface area contributed by atoms with Gasteiger partial charge >= 0.3 is 0 Å². The van der Waals surface area contributed by atoms with Crippen LogP contribution in [0.25, 0.3) is 0 Å². The molecule has 0 N–H and O–H groups in total. The smallest absolute Gasteiger partial charge is 0.163 e. The number of halogens is 2. The predicted molar refractivity (Wildman–Crippen MR) is 61.1 cm³/mol. The molecule has 0 fully saturated rings. The third kappa shape index (κ3) is 3.85. The van der Waals surface area contributed by atoms with Crippen LogP contribution in [0, 0.1) is 18.2 Å². The fraction of sp³-hybridized carbons (Fsp3) is 0.250. The first kappa shape index (κ1) is 11.9. The Morgan fingerprint density at radius 2 is 2.20 bits per heavy atom. The molecule has 0 aliphatic carbocycles. The predicted octanol–water partition coefficient (Wildman–Crippen LogP) is 3.57. The van der Waals surface area contributed by atoms with Gasteiger partial charge < -0.3 is 0 Å². The van der Waals surface area contributed by atoms with E-state index < -0.39 is 5.82 Å². The number of rotatable bonds is 4. The lowest BCUT2D eigenvalue weighted by Crippen LogP contribution is -1.99. The summed E-state index contributed by atoms with van der Waals surface area (Å²) in [4.78, 5) is 11.6. The van der Waals surface area contributed by atoms with Crippen LogP contribution in [0.15, 0.2) is 22.7 Å². The van der Waals surface area contributed by atoms with Crippen LogP contribution in [-0.2, 0) is 0 Å². The number of carbonyl (C=O) groups excluding carboxylic acids is 1. The molecule has 0 atom stereocenters. The first-order chi connectivity index (χ1) is 7.13. The van der Waals surface area contributed by atoms with Crippen LogP contribution in [0.2, 0.25) is 0 Å². The summed E-state index contributed by atoms with van der Waals surface area (Å²) in [5.74, 6) is 1.97. The third-order valence-corrected chi connectivity index (χ3v) is 2.37. The average Bonchev–Trinajstić information content (AvgIpc) is 2.16. The Balaban J connectivity index is 2.70. The quantitative estimate of drug-likeness (QED) is 0.464. The van der Waals surface area contributed by atoms with E-state index in [-0.39, 0.29) is 5.78 Å². The molecule has 3 heteroatoms. The molecule has 0 aliphatic rings. The first-order valence-electron chi connectivity index (χ1n) is 4.56. The summed E-state index contributed by atoms with van der Waals surface area (Å²) in [7, 11) is 0. The van der Waals surface area contributed by atoms with Crippen molar-refractivity contribution in [2.45, 2.75) is 19.3 Å². The molecule has 0 bridgehead atoms. The highest BCUT2D eigenvalue weighted by Gasteiger charge is 2.07. The highest BCUT2D eigenvalue weighted by Crippen LogP contribution is 2.16. The number of Topliss-reactive ketones (excluding diaryl/α,β-unsaturated/α-hetero) is 1. The molecule has 0 aliphatic heterocycles. The van der Waals surface area contributed by atoms with Gasteiger partial charge in [-0.2, -0.15) is 0 Å². The van der Waals surface area contributed by atoms with Crippen LogP contribution in [0.3, 0.4) is 0 Å². The highest BCUT2D eigenvalue weighted by atomic mass is 79.9. The Labute approximate surface area is 96.8 Å². The molecule has 0 saturated heterocycles. The molecule has 0 heterocycles. The maximum Gasteiger partial charge on any atom is 0.163 e. The van der Waals surface area contributed by atoms with Gasteiger partial charge in [0.1, 0.15) is 5.82 Å². The number of unbranched alkanes of at least 4 members (excludes halogenated alkanes) is 1. The second-order valence-electron chi connectivity index (χ2n) is 3.14. The fourth-order valence-corrected chi connectivity index (χ4v) is 1.68. The Morgan fingerprint density at radius 1 is 1.47 bits per heavy atom. The lowest BCUT2D eigenvalue weighted by Gasteiger charge is -2.01. The maximum atomic E-state index is 13.0. The number of hydrogen-bond donors (Lipinski definition) is 0. The molecule has 0 aromatic heterocycles. The normalized spacial score (nSPS) is 9.67. The van der Waals surface area contributed by atoms with Crippen molar-refractivity contribution in [2.24, 2.45) is 0 Å². The van der Waals surface area contributed by atoms with Gasteiger partial charge in [-0.05, 0) is 24.6 Å². The van der Waals surface area contributed by atoms with E-state index in [0.717, 1.165) is 0 Å². The molecule has 1 nitrogen and oxygen atoms in total.